The summed E-state index contributed by atoms with van der Waals surface area (Å²) in [5.74, 6) is 0. The summed E-state index contributed by atoms with van der Waals surface area (Å²) < 4.78 is 17.1. The van der Waals surface area contributed by atoms with Crippen LogP contribution in [0.3, 0.4) is 0 Å². The topological polar surface area (TPSA) is 151 Å². The lowest BCUT2D eigenvalue weighted by Gasteiger charge is -2.16. The number of hydrogen-bond donors (Lipinski definition) is 4. The fraction of sp³-hybridized carbons (Fsp3) is 0.400. The van der Waals surface area contributed by atoms with E-state index in [0.717, 1.165) is 6.33 Å². The number of nitrogens with one attached hydrogen (secondary N) is 1. The fourth-order valence-electron chi connectivity index (χ4n) is 2.19. The minimum Gasteiger partial charge on any atom is -0.387 e. The molecule has 0 aromatic carbocycles. The molecule has 2 aromatic heterocycles. The molecule has 4 atom stereocenters. The first-order valence-corrected chi connectivity index (χ1v) is 6.56. The van der Waals surface area contributed by atoms with Crippen molar-refractivity contribution >= 4 is 27.5 Å². The molecule has 10 nitrogen and oxygen atoms in total. The summed E-state index contributed by atoms with van der Waals surface area (Å²) >= 11 is -0.236. The van der Waals surface area contributed by atoms with Crippen LogP contribution in [0.5, 0.6) is 0 Å². The van der Waals surface area contributed by atoms with Gasteiger partial charge in [-0.25, -0.2) is 14.2 Å². The Morgan fingerprint density at radius 3 is 2.86 bits per heavy atom. The van der Waals surface area contributed by atoms with Crippen LogP contribution in [0.2, 0.25) is 0 Å². The van der Waals surface area contributed by atoms with Gasteiger partial charge >= 0.3 is 0 Å². The maximum atomic E-state index is 11.6. The fourth-order valence-corrected chi connectivity index (χ4v) is 2.48. The first-order chi connectivity index (χ1) is 10.0. The van der Waals surface area contributed by atoms with E-state index in [-0.39, 0.29) is 22.4 Å². The van der Waals surface area contributed by atoms with Crippen molar-refractivity contribution in [3.05, 3.63) is 23.0 Å². The van der Waals surface area contributed by atoms with E-state index in [1.165, 1.54) is 10.9 Å². The van der Waals surface area contributed by atoms with Gasteiger partial charge in [0, 0.05) is 0 Å². The maximum Gasteiger partial charge on any atom is 0.278 e. The number of aliphatic hydroxyl groups is 3. The van der Waals surface area contributed by atoms with Crippen molar-refractivity contribution in [2.24, 2.45) is 0 Å². The molecule has 1 aliphatic rings. The molecule has 0 saturated carbocycles. The van der Waals surface area contributed by atoms with Crippen LogP contribution in [0.25, 0.3) is 11.2 Å². The Bertz CT molecular complexity index is 796. The molecule has 3 rings (SSSR count). The highest BCUT2D eigenvalue weighted by Gasteiger charge is 2.46. The van der Waals surface area contributed by atoms with Crippen LogP contribution in [-0.4, -0.2) is 62.4 Å². The summed E-state index contributed by atoms with van der Waals surface area (Å²) in [5, 5.41) is 28.5. The highest BCUT2D eigenvalue weighted by Crippen LogP contribution is 2.30. The monoisotopic (exact) mass is 314 g/mol. The average Bonchev–Trinajstić information content (AvgIpc) is 3.02. The summed E-state index contributed by atoms with van der Waals surface area (Å²) in [6, 6.07) is 0. The van der Waals surface area contributed by atoms with E-state index in [2.05, 4.69) is 15.0 Å². The molecule has 0 bridgehead atoms. The van der Waals surface area contributed by atoms with Gasteiger partial charge in [-0.2, -0.15) is 0 Å². The van der Waals surface area contributed by atoms with Crippen molar-refractivity contribution in [1.29, 1.82) is 0 Å². The lowest BCUT2D eigenvalue weighted by atomic mass is 10.1. The van der Waals surface area contributed by atoms with Gasteiger partial charge in [0.25, 0.3) is 5.56 Å². The summed E-state index contributed by atoms with van der Waals surface area (Å²) in [7, 11) is 0. The molecule has 0 amide bonds. The summed E-state index contributed by atoms with van der Waals surface area (Å²) in [4.78, 5) is 21.7. The third kappa shape index (κ3) is 2.11. The number of hydrogen-bond acceptors (Lipinski definition) is 7. The normalized spacial score (nSPS) is 28.9. The molecule has 4 N–H and O–H groups in total. The van der Waals surface area contributed by atoms with Crippen molar-refractivity contribution in [2.75, 3.05) is 0 Å². The summed E-state index contributed by atoms with van der Waals surface area (Å²) in [6.07, 6.45) is -3.02. The van der Waals surface area contributed by atoms with Crippen LogP contribution in [0.1, 0.15) is 6.23 Å². The van der Waals surface area contributed by atoms with E-state index >= 15 is 0 Å². The largest absolute Gasteiger partial charge is 0.387 e. The molecule has 0 spiro atoms. The third-order valence-electron chi connectivity index (χ3n) is 3.21. The van der Waals surface area contributed by atoms with Crippen LogP contribution in [0, 0.1) is 0 Å². The zero-order valence-electron chi connectivity index (χ0n) is 10.3. The molecule has 0 unspecified atom stereocenters. The van der Waals surface area contributed by atoms with Crippen molar-refractivity contribution in [1.82, 2.24) is 19.5 Å². The molecule has 21 heavy (non-hydrogen) atoms. The predicted octanol–water partition coefficient (Wildman–Crippen LogP) is -2.36. The average molecular weight is 314 g/mol. The quantitative estimate of drug-likeness (QED) is 0.449. The molecule has 1 saturated heterocycles. The molecular formula is C10H10N4O6S. The van der Waals surface area contributed by atoms with Gasteiger partial charge in [-0.15, -0.1) is 0 Å². The number of rotatable bonds is 2. The van der Waals surface area contributed by atoms with Gasteiger partial charge in [0.15, 0.2) is 22.4 Å². The van der Waals surface area contributed by atoms with E-state index in [1.807, 2.05) is 0 Å². The first-order valence-electron chi connectivity index (χ1n) is 5.82. The van der Waals surface area contributed by atoms with Crippen molar-refractivity contribution in [3.8, 4) is 0 Å². The van der Waals surface area contributed by atoms with E-state index < -0.39 is 35.1 Å². The number of aromatic nitrogens is 4. The Morgan fingerprint density at radius 1 is 1.38 bits per heavy atom. The Balaban J connectivity index is 2.06. The molecular weight excluding hydrogens is 304 g/mol. The van der Waals surface area contributed by atoms with Crippen LogP contribution >= 0.6 is 0 Å². The Hall–Kier alpha value is -1.92. The number of imidazole rings is 1. The van der Waals surface area contributed by atoms with Crippen LogP contribution < -0.4 is 5.56 Å². The van der Waals surface area contributed by atoms with E-state index in [0.29, 0.717) is 0 Å². The molecule has 112 valence electrons. The Labute approximate surface area is 119 Å². The predicted molar refractivity (Wildman–Crippen MR) is 69.9 cm³/mol. The molecule has 1 aliphatic heterocycles. The summed E-state index contributed by atoms with van der Waals surface area (Å²) in [5.41, 5.74) is -0.282. The van der Waals surface area contributed by atoms with Crippen molar-refractivity contribution in [3.63, 3.8) is 0 Å². The Morgan fingerprint density at radius 2 is 2.14 bits per heavy atom. The van der Waals surface area contributed by atoms with Gasteiger partial charge in [-0.05, 0) is 0 Å². The second-order valence-corrected chi connectivity index (χ2v) is 4.99. The molecule has 0 aliphatic carbocycles. The second kappa shape index (κ2) is 5.13. The van der Waals surface area contributed by atoms with Gasteiger partial charge in [0.2, 0.25) is 0 Å². The molecule has 3 heterocycles. The summed E-state index contributed by atoms with van der Waals surface area (Å²) in [6.45, 7) is 0. The van der Waals surface area contributed by atoms with Crippen LogP contribution in [0.4, 0.5) is 0 Å². The van der Waals surface area contributed by atoms with Gasteiger partial charge in [0.05, 0.1) is 12.7 Å². The smallest absolute Gasteiger partial charge is 0.278 e. The van der Waals surface area contributed by atoms with E-state index in [4.69, 9.17) is 4.74 Å². The minimum atomic E-state index is -1.49. The third-order valence-corrected chi connectivity index (χ3v) is 3.61. The molecule has 1 fully saturated rings. The second-order valence-electron chi connectivity index (χ2n) is 4.41. The van der Waals surface area contributed by atoms with Crippen molar-refractivity contribution < 1.29 is 24.3 Å². The SMILES string of the molecule is O=S=C(O)[C@H]1O[C@@H](n2cnc3c(=O)[nH]cnc32)[C@H](O)[C@@H]1O. The molecule has 2 aromatic rings. The maximum absolute atomic E-state index is 11.6. The molecule has 11 heteroatoms. The number of fused-ring (bicyclic) bond motifs is 1. The zero-order chi connectivity index (χ0) is 15.1. The number of nitrogens with zero attached hydrogens (tertiary/aromatic N) is 3. The highest BCUT2D eigenvalue weighted by molar-refractivity contribution is 7.66. The first kappa shape index (κ1) is 14.0. The number of H-pyrrole nitrogens is 1. The number of aliphatic hydroxyl groups excluding tert-OH is 3. The van der Waals surface area contributed by atoms with Gasteiger partial charge < -0.3 is 25.0 Å². The number of aromatic amines is 1. The number of ether oxygens (including phenoxy) is 1. The van der Waals surface area contributed by atoms with Gasteiger partial charge in [-0.3, -0.25) is 9.36 Å². The van der Waals surface area contributed by atoms with E-state index in [1.54, 1.807) is 0 Å². The lowest BCUT2D eigenvalue weighted by Crippen LogP contribution is -2.35. The Kier molecular flexibility index (Phi) is 3.43. The molecule has 0 radical (unpaired) electrons. The zero-order valence-corrected chi connectivity index (χ0v) is 11.1. The van der Waals surface area contributed by atoms with E-state index in [9.17, 15) is 24.3 Å². The van der Waals surface area contributed by atoms with Crippen LogP contribution in [-0.2, 0) is 16.0 Å². The van der Waals surface area contributed by atoms with Crippen molar-refractivity contribution in [2.45, 2.75) is 24.5 Å². The van der Waals surface area contributed by atoms with Gasteiger partial charge in [-0.1, -0.05) is 0 Å². The minimum absolute atomic E-state index is 0.0395. The highest BCUT2D eigenvalue weighted by atomic mass is 32.1. The van der Waals surface area contributed by atoms with Gasteiger partial charge in [0.1, 0.15) is 29.6 Å². The van der Waals surface area contributed by atoms with Crippen LogP contribution in [0.15, 0.2) is 17.4 Å². The lowest BCUT2D eigenvalue weighted by molar-refractivity contribution is -0.0232. The standard InChI is InChI=1S/C10H10N4O6S/c15-4-5(16)9(20-6(4)10(18)21-19)14-2-13-3-7(14)11-1-12-8(3)17/h1-2,4-6,9,15-16,18H,(H,11,12,17)/t4-,5+,6-,9+/m0/s1.